The van der Waals surface area contributed by atoms with Gasteiger partial charge in [-0.2, -0.15) is 0 Å². The Morgan fingerprint density at radius 3 is 1.97 bits per heavy atom. The Bertz CT molecular complexity index is 1620. The monoisotopic (exact) mass is 926 g/mol. The number of hydrogen-bond acceptors (Lipinski definition) is 17. The van der Waals surface area contributed by atoms with E-state index in [2.05, 4.69) is 0 Å². The summed E-state index contributed by atoms with van der Waals surface area (Å²) in [5.74, 6) is -6.77. The number of esters is 1. The van der Waals surface area contributed by atoms with Crippen molar-refractivity contribution in [1.29, 1.82) is 0 Å². The van der Waals surface area contributed by atoms with Gasteiger partial charge in [0, 0.05) is 37.5 Å². The van der Waals surface area contributed by atoms with E-state index in [4.69, 9.17) is 24.7 Å². The van der Waals surface area contributed by atoms with Crippen LogP contribution >= 0.6 is 0 Å². The van der Waals surface area contributed by atoms with E-state index in [0.717, 1.165) is 12.8 Å². The number of allylic oxidation sites excluding steroid dienone is 10. The van der Waals surface area contributed by atoms with Crippen LogP contribution in [-0.4, -0.2) is 166 Å². The highest BCUT2D eigenvalue weighted by Crippen LogP contribution is 2.38. The molecule has 18 nitrogen and oxygen atoms in total. The van der Waals surface area contributed by atoms with E-state index in [1.54, 1.807) is 38.2 Å². The number of fused-ring (bicyclic) bond motifs is 2. The number of aliphatic hydroxyl groups is 10. The third kappa shape index (κ3) is 18.8. The van der Waals surface area contributed by atoms with Gasteiger partial charge < -0.3 is 80.9 Å². The van der Waals surface area contributed by atoms with Crippen molar-refractivity contribution in [3.05, 3.63) is 72.9 Å². The molecule has 18 heteroatoms. The first-order valence-corrected chi connectivity index (χ1v) is 22.6. The molecule has 0 aromatic rings. The summed E-state index contributed by atoms with van der Waals surface area (Å²) in [5, 5.41) is 118. The fourth-order valence-corrected chi connectivity index (χ4v) is 8.13. The van der Waals surface area contributed by atoms with E-state index in [1.165, 1.54) is 13.0 Å². The number of aliphatic carboxylic acids is 1. The van der Waals surface area contributed by atoms with E-state index in [9.17, 15) is 65.8 Å². The van der Waals surface area contributed by atoms with Gasteiger partial charge in [-0.1, -0.05) is 86.8 Å². The van der Waals surface area contributed by atoms with Crippen LogP contribution in [0.4, 0.5) is 0 Å². The lowest BCUT2D eigenvalue weighted by molar-refractivity contribution is -0.308. The fourth-order valence-electron chi connectivity index (χ4n) is 8.13. The van der Waals surface area contributed by atoms with Crippen molar-refractivity contribution in [1.82, 2.24) is 0 Å². The smallest absolute Gasteiger partial charge is 0.311 e. The number of nitrogens with two attached hydrogens (primary N) is 1. The molecular weight excluding hydrogens is 851 g/mol. The summed E-state index contributed by atoms with van der Waals surface area (Å²) in [4.78, 5) is 25.1. The van der Waals surface area contributed by atoms with E-state index in [1.807, 2.05) is 49.5 Å². The van der Waals surface area contributed by atoms with Gasteiger partial charge in [0.15, 0.2) is 12.1 Å². The van der Waals surface area contributed by atoms with Crippen molar-refractivity contribution in [2.75, 3.05) is 0 Å². The molecule has 0 aromatic heterocycles. The van der Waals surface area contributed by atoms with Crippen molar-refractivity contribution in [2.45, 2.75) is 189 Å². The van der Waals surface area contributed by atoms with Crippen LogP contribution in [0.15, 0.2) is 72.9 Å². The normalized spacial score (nSPS) is 45.2. The summed E-state index contributed by atoms with van der Waals surface area (Å²) < 4.78 is 23.2. The standard InChI is InChI=1S/C47H75NO17/c1-27-17-15-13-11-9-7-5-6-8-10-12-14-16-18-34(64-46-44(58)41(48)43(57)30(4)63-46)24-38-40(45(59)60)37(54)26-47(61,65-38)25-33(51)22-36(53)35(52)20-19-31(49)21-32(50)23-39(55)62-29(3)28(2)42(27)56/h5-6,8,10-18,27-38,40-44,46,49-54,56-58,61H,7,9,19-26,48H2,1-4H3,(H,59,60)/b6-5+,10-8+,13-11+,14-12+,17-15-,18-16+/t27-,28-,29-,30+,31+,32+,33-,34?,35-,36+,37-,38?,40+,41-,42+,43+,44-,46-,47+/m0/s1. The summed E-state index contributed by atoms with van der Waals surface area (Å²) in [5.41, 5.74) is 6.02. The molecule has 2 fully saturated rings. The highest BCUT2D eigenvalue weighted by Gasteiger charge is 2.51. The molecular formula is C47H75NO17. The Morgan fingerprint density at radius 2 is 1.31 bits per heavy atom. The maximum Gasteiger partial charge on any atom is 0.311 e. The second-order valence-corrected chi connectivity index (χ2v) is 17.8. The molecule has 19 atom stereocenters. The quantitative estimate of drug-likeness (QED) is 0.175. The molecule has 65 heavy (non-hydrogen) atoms. The number of cyclic esters (lactones) is 1. The van der Waals surface area contributed by atoms with Crippen LogP contribution in [0.5, 0.6) is 0 Å². The third-order valence-electron chi connectivity index (χ3n) is 12.2. The minimum atomic E-state index is -2.32. The van der Waals surface area contributed by atoms with E-state index >= 15 is 0 Å². The zero-order valence-electron chi connectivity index (χ0n) is 37.8. The number of carbonyl (C=O) groups is 2. The minimum absolute atomic E-state index is 0.103. The average molecular weight is 926 g/mol. The van der Waals surface area contributed by atoms with Crippen LogP contribution in [0.25, 0.3) is 0 Å². The van der Waals surface area contributed by atoms with E-state index in [-0.39, 0.29) is 31.6 Å². The maximum atomic E-state index is 12.6. The Balaban J connectivity index is 1.84. The molecule has 370 valence electrons. The third-order valence-corrected chi connectivity index (χ3v) is 12.2. The second kappa shape index (κ2) is 27.6. The largest absolute Gasteiger partial charge is 0.481 e. The lowest BCUT2D eigenvalue weighted by Gasteiger charge is -2.45. The van der Waals surface area contributed by atoms with E-state index < -0.39 is 147 Å². The lowest BCUT2D eigenvalue weighted by Crippen LogP contribution is -2.61. The van der Waals surface area contributed by atoms with Gasteiger partial charge in [-0.05, 0) is 46.0 Å². The van der Waals surface area contributed by atoms with Crippen molar-refractivity contribution in [3.8, 4) is 0 Å². The van der Waals surface area contributed by atoms with Gasteiger partial charge in [0.1, 0.15) is 18.1 Å². The predicted molar refractivity (Wildman–Crippen MR) is 237 cm³/mol. The first-order valence-electron chi connectivity index (χ1n) is 22.6. The maximum absolute atomic E-state index is 12.6. The molecule has 2 unspecified atom stereocenters. The molecule has 3 aliphatic heterocycles. The zero-order chi connectivity index (χ0) is 48.4. The molecule has 3 rings (SSSR count). The number of rotatable bonds is 3. The molecule has 0 radical (unpaired) electrons. The second-order valence-electron chi connectivity index (χ2n) is 17.8. The molecule has 13 N–H and O–H groups in total. The van der Waals surface area contributed by atoms with Crippen LogP contribution in [0.2, 0.25) is 0 Å². The van der Waals surface area contributed by atoms with Crippen molar-refractivity contribution < 1.29 is 84.7 Å². The number of carboxylic acid groups (broad SMARTS) is 1. The number of hydrogen-bond donors (Lipinski definition) is 12. The SMILES string of the molecule is C[C@@H]1[C@H](O)[C@@H](C)/C=C\C=C\CC/C=C/C=C/C=C/C=C/C(O[C@@H]2O[C@H](C)[C@@H](O)[C@H](N)[C@@H]2O)CC2O[C@](O)(C[C@@H](O)C[C@@H](O)[C@@H](O)CC[C@@H](O)C[C@@H](O)CC(=O)O[C@H]1C)C[C@H](O)[C@H]2C(=O)O. The number of carbonyl (C=O) groups excluding carboxylic acids is 1. The van der Waals surface area contributed by atoms with Gasteiger partial charge in [-0.3, -0.25) is 9.59 Å². The Kier molecular flexibility index (Phi) is 23.8. The molecule has 3 aliphatic rings. The molecule has 2 bridgehead atoms. The highest BCUT2D eigenvalue weighted by molar-refractivity contribution is 5.71. The van der Waals surface area contributed by atoms with Gasteiger partial charge in [0.2, 0.25) is 0 Å². The van der Waals surface area contributed by atoms with Crippen molar-refractivity contribution in [3.63, 3.8) is 0 Å². The summed E-state index contributed by atoms with van der Waals surface area (Å²) in [6, 6.07) is -1.14. The van der Waals surface area contributed by atoms with Gasteiger partial charge >= 0.3 is 11.9 Å². The molecule has 0 saturated carbocycles. The number of aliphatic hydroxyl groups excluding tert-OH is 9. The highest BCUT2D eigenvalue weighted by atomic mass is 16.7. The van der Waals surface area contributed by atoms with Crippen LogP contribution < -0.4 is 5.73 Å². The van der Waals surface area contributed by atoms with Crippen LogP contribution in [0.1, 0.15) is 91.9 Å². The summed E-state index contributed by atoms with van der Waals surface area (Å²) in [6.45, 7) is 6.78. The average Bonchev–Trinajstić information content (AvgIpc) is 3.21. The number of ether oxygens (including phenoxy) is 4. The Morgan fingerprint density at radius 1 is 0.692 bits per heavy atom. The van der Waals surface area contributed by atoms with E-state index in [0.29, 0.717) is 0 Å². The lowest BCUT2D eigenvalue weighted by atomic mass is 9.82. The Hall–Kier alpha value is -3.18. The van der Waals surface area contributed by atoms with Crippen LogP contribution in [0, 0.1) is 17.8 Å². The first kappa shape index (κ1) is 56.1. The summed E-state index contributed by atoms with van der Waals surface area (Å²) in [6.07, 6.45) is 2.26. The topological polar surface area (TPSA) is 320 Å². The van der Waals surface area contributed by atoms with Crippen molar-refractivity contribution in [2.24, 2.45) is 23.5 Å². The first-order chi connectivity index (χ1) is 30.6. The minimum Gasteiger partial charge on any atom is -0.481 e. The molecule has 0 amide bonds. The molecule has 3 heterocycles. The van der Waals surface area contributed by atoms with Crippen LogP contribution in [0.3, 0.4) is 0 Å². The van der Waals surface area contributed by atoms with Gasteiger partial charge in [0.05, 0.1) is 79.6 Å². The molecule has 2 saturated heterocycles. The van der Waals surface area contributed by atoms with Crippen LogP contribution in [-0.2, 0) is 28.5 Å². The van der Waals surface area contributed by atoms with Crippen molar-refractivity contribution >= 4 is 11.9 Å². The zero-order valence-corrected chi connectivity index (χ0v) is 37.8. The van der Waals surface area contributed by atoms with Gasteiger partial charge in [-0.25, -0.2) is 0 Å². The molecule has 0 aromatic carbocycles. The molecule has 0 spiro atoms. The van der Waals surface area contributed by atoms with Gasteiger partial charge in [-0.15, -0.1) is 0 Å². The predicted octanol–water partition coefficient (Wildman–Crippen LogP) is 0.936. The molecule has 0 aliphatic carbocycles. The summed E-state index contributed by atoms with van der Waals surface area (Å²) >= 11 is 0. The summed E-state index contributed by atoms with van der Waals surface area (Å²) in [7, 11) is 0. The number of carboxylic acids is 1. The van der Waals surface area contributed by atoms with Gasteiger partial charge in [0.25, 0.3) is 0 Å². The Labute approximate surface area is 381 Å². The fraction of sp³-hybridized carbons (Fsp3) is 0.702.